The molecule has 3 nitrogen and oxygen atoms in total. The third kappa shape index (κ3) is 5.68. The molecule has 1 fully saturated rings. The van der Waals surface area contributed by atoms with Crippen LogP contribution in [0.4, 0.5) is 5.69 Å². The van der Waals surface area contributed by atoms with Gasteiger partial charge in [-0.3, -0.25) is 4.79 Å². The van der Waals surface area contributed by atoms with E-state index < -0.39 is 0 Å². The van der Waals surface area contributed by atoms with Gasteiger partial charge < -0.3 is 10.6 Å². The van der Waals surface area contributed by atoms with Crippen molar-refractivity contribution in [3.8, 4) is 0 Å². The first-order valence-corrected chi connectivity index (χ1v) is 10.8. The number of hydrogen-bond acceptors (Lipinski definition) is 3. The van der Waals surface area contributed by atoms with Crippen molar-refractivity contribution < 1.29 is 4.79 Å². The normalized spacial score (nSPS) is 16.8. The lowest BCUT2D eigenvalue weighted by Crippen LogP contribution is -2.28. The highest BCUT2D eigenvalue weighted by Gasteiger charge is 2.16. The Bertz CT molecular complexity index is 675. The van der Waals surface area contributed by atoms with Crippen LogP contribution in [0.1, 0.15) is 67.1 Å². The molecule has 0 unspecified atom stereocenters. The minimum atomic E-state index is -0.0287. The van der Waals surface area contributed by atoms with E-state index >= 15 is 0 Å². The molecule has 1 amide bonds. The van der Waals surface area contributed by atoms with Gasteiger partial charge in [0.25, 0.3) is 5.91 Å². The summed E-state index contributed by atoms with van der Waals surface area (Å²) in [5, 5.41) is 8.65. The van der Waals surface area contributed by atoms with Crippen LogP contribution in [-0.4, -0.2) is 11.9 Å². The molecule has 3 rings (SSSR count). The summed E-state index contributed by atoms with van der Waals surface area (Å²) in [5.41, 5.74) is 2.05. The molecule has 0 saturated heterocycles. The molecular formula is C22H30N2OS. The van der Waals surface area contributed by atoms with Crippen LogP contribution in [0.5, 0.6) is 0 Å². The molecule has 1 saturated carbocycles. The van der Waals surface area contributed by atoms with Crippen LogP contribution in [-0.2, 0) is 6.54 Å². The average Bonchev–Trinajstić information content (AvgIpc) is 3.07. The van der Waals surface area contributed by atoms with Crippen molar-refractivity contribution in [3.63, 3.8) is 0 Å². The van der Waals surface area contributed by atoms with E-state index in [1.165, 1.54) is 56.3 Å². The molecule has 1 atom stereocenters. The third-order valence-electron chi connectivity index (χ3n) is 5.31. The molecule has 26 heavy (non-hydrogen) atoms. The number of carbonyl (C=O) groups is 1. The molecule has 4 heteroatoms. The van der Waals surface area contributed by atoms with E-state index in [1.54, 1.807) is 0 Å². The maximum Gasteiger partial charge on any atom is 0.265 e. The van der Waals surface area contributed by atoms with Gasteiger partial charge in [-0.2, -0.15) is 0 Å². The van der Waals surface area contributed by atoms with E-state index in [9.17, 15) is 4.79 Å². The number of para-hydroxylation sites is 1. The molecule has 0 bridgehead atoms. The number of benzene rings is 1. The van der Waals surface area contributed by atoms with Crippen LogP contribution in [0.15, 0.2) is 41.8 Å². The summed E-state index contributed by atoms with van der Waals surface area (Å²) in [7, 11) is 0. The van der Waals surface area contributed by atoms with Crippen LogP contribution in [0.2, 0.25) is 0 Å². The van der Waals surface area contributed by atoms with Crippen LogP contribution in [0.25, 0.3) is 0 Å². The van der Waals surface area contributed by atoms with Crippen LogP contribution in [0, 0.1) is 5.92 Å². The van der Waals surface area contributed by atoms with Crippen LogP contribution < -0.4 is 10.6 Å². The average molecular weight is 371 g/mol. The maximum atomic E-state index is 12.3. The van der Waals surface area contributed by atoms with E-state index in [1.807, 2.05) is 35.7 Å². The van der Waals surface area contributed by atoms with E-state index in [0.717, 1.165) is 28.6 Å². The van der Waals surface area contributed by atoms with Crippen molar-refractivity contribution in [2.24, 2.45) is 5.92 Å². The van der Waals surface area contributed by atoms with E-state index in [-0.39, 0.29) is 5.91 Å². The zero-order chi connectivity index (χ0) is 18.2. The molecule has 1 aliphatic rings. The Morgan fingerprint density at radius 1 is 1.12 bits per heavy atom. The summed E-state index contributed by atoms with van der Waals surface area (Å²) in [5.74, 6) is 0.840. The van der Waals surface area contributed by atoms with Gasteiger partial charge in [-0.25, -0.2) is 0 Å². The van der Waals surface area contributed by atoms with Crippen LogP contribution >= 0.6 is 11.3 Å². The standard InChI is InChI=1S/C22H30N2OS/c1-17(15-18-9-4-2-3-5-10-18)23-16-19-11-6-7-12-20(19)24-22(25)21-13-8-14-26-21/h6-8,11-14,17-18,23H,2-5,9-10,15-16H2,1H3,(H,24,25)/t17-/m0/s1. The summed E-state index contributed by atoms with van der Waals surface area (Å²) in [6.07, 6.45) is 9.65. The highest BCUT2D eigenvalue weighted by atomic mass is 32.1. The maximum absolute atomic E-state index is 12.3. The third-order valence-corrected chi connectivity index (χ3v) is 6.18. The second kappa shape index (κ2) is 9.89. The fourth-order valence-electron chi connectivity index (χ4n) is 3.86. The smallest absolute Gasteiger partial charge is 0.265 e. The number of hydrogen-bond donors (Lipinski definition) is 2. The Morgan fingerprint density at radius 3 is 2.62 bits per heavy atom. The zero-order valence-electron chi connectivity index (χ0n) is 15.7. The van der Waals surface area contributed by atoms with E-state index in [4.69, 9.17) is 0 Å². The monoisotopic (exact) mass is 370 g/mol. The molecule has 140 valence electrons. The number of anilines is 1. The first kappa shape index (κ1) is 19.1. The van der Waals surface area contributed by atoms with Crippen LogP contribution in [0.3, 0.4) is 0 Å². The SMILES string of the molecule is C[C@@H](CC1CCCCCC1)NCc1ccccc1NC(=O)c1cccs1. The molecule has 0 spiro atoms. The van der Waals surface area contributed by atoms with E-state index in [0.29, 0.717) is 6.04 Å². The molecule has 1 aromatic carbocycles. The molecule has 0 radical (unpaired) electrons. The highest BCUT2D eigenvalue weighted by molar-refractivity contribution is 7.12. The molecule has 1 aliphatic carbocycles. The van der Waals surface area contributed by atoms with Gasteiger partial charge in [-0.1, -0.05) is 62.8 Å². The Labute approximate surface area is 161 Å². The van der Waals surface area contributed by atoms with Gasteiger partial charge in [-0.15, -0.1) is 11.3 Å². The van der Waals surface area contributed by atoms with Crippen molar-refractivity contribution >= 4 is 22.9 Å². The molecule has 0 aliphatic heterocycles. The second-order valence-electron chi connectivity index (χ2n) is 7.46. The fourth-order valence-corrected chi connectivity index (χ4v) is 4.47. The fraction of sp³-hybridized carbons (Fsp3) is 0.500. The Hall–Kier alpha value is -1.65. The van der Waals surface area contributed by atoms with Crippen molar-refractivity contribution in [1.29, 1.82) is 0 Å². The van der Waals surface area contributed by atoms with Gasteiger partial charge in [0.2, 0.25) is 0 Å². The Kier molecular flexibility index (Phi) is 7.27. The van der Waals surface area contributed by atoms with Crippen molar-refractivity contribution in [3.05, 3.63) is 52.2 Å². The van der Waals surface area contributed by atoms with Crippen molar-refractivity contribution in [2.75, 3.05) is 5.32 Å². The molecule has 1 aromatic heterocycles. The predicted molar refractivity (Wildman–Crippen MR) is 111 cm³/mol. The number of carbonyl (C=O) groups excluding carboxylic acids is 1. The largest absolute Gasteiger partial charge is 0.321 e. The van der Waals surface area contributed by atoms with Gasteiger partial charge >= 0.3 is 0 Å². The lowest BCUT2D eigenvalue weighted by molar-refractivity contribution is 0.103. The number of amides is 1. The van der Waals surface area contributed by atoms with Gasteiger partial charge in [-0.05, 0) is 42.3 Å². The molecule has 2 N–H and O–H groups in total. The summed E-state index contributed by atoms with van der Waals surface area (Å²) < 4.78 is 0. The Balaban J connectivity index is 1.53. The van der Waals surface area contributed by atoms with Gasteiger partial charge in [0, 0.05) is 18.3 Å². The summed E-state index contributed by atoms with van der Waals surface area (Å²) in [6, 6.07) is 12.3. The predicted octanol–water partition coefficient (Wildman–Crippen LogP) is 5.84. The minimum absolute atomic E-state index is 0.0287. The van der Waals surface area contributed by atoms with Gasteiger partial charge in [0.1, 0.15) is 0 Å². The van der Waals surface area contributed by atoms with Crippen molar-refractivity contribution in [2.45, 2.75) is 64.5 Å². The molecule has 2 aromatic rings. The summed E-state index contributed by atoms with van der Waals surface area (Å²) in [6.45, 7) is 3.08. The lowest BCUT2D eigenvalue weighted by atomic mass is 9.93. The topological polar surface area (TPSA) is 41.1 Å². The lowest BCUT2D eigenvalue weighted by Gasteiger charge is -2.21. The Morgan fingerprint density at radius 2 is 1.88 bits per heavy atom. The quantitative estimate of drug-likeness (QED) is 0.601. The number of thiophene rings is 1. The highest BCUT2D eigenvalue weighted by Crippen LogP contribution is 2.26. The first-order chi connectivity index (χ1) is 12.7. The van der Waals surface area contributed by atoms with Gasteiger partial charge in [0.15, 0.2) is 0 Å². The molecule has 1 heterocycles. The van der Waals surface area contributed by atoms with Gasteiger partial charge in [0.05, 0.1) is 4.88 Å². The van der Waals surface area contributed by atoms with E-state index in [2.05, 4.69) is 23.6 Å². The second-order valence-corrected chi connectivity index (χ2v) is 8.41. The summed E-state index contributed by atoms with van der Waals surface area (Å²) in [4.78, 5) is 13.1. The minimum Gasteiger partial charge on any atom is -0.321 e. The number of rotatable bonds is 7. The van der Waals surface area contributed by atoms with Crippen molar-refractivity contribution in [1.82, 2.24) is 5.32 Å². The first-order valence-electron chi connectivity index (χ1n) is 9.88. The molecular weight excluding hydrogens is 340 g/mol. The summed E-state index contributed by atoms with van der Waals surface area (Å²) >= 11 is 1.47. The number of nitrogens with one attached hydrogen (secondary N) is 2. The zero-order valence-corrected chi connectivity index (χ0v) is 16.5.